The van der Waals surface area contributed by atoms with E-state index in [0.29, 0.717) is 5.57 Å². The second-order valence-electron chi connectivity index (χ2n) is 4.02. The van der Waals surface area contributed by atoms with Gasteiger partial charge in [0.2, 0.25) is 0 Å². The fraction of sp³-hybridized carbons (Fsp3) is 0.462. The molecule has 0 heterocycles. The Morgan fingerprint density at radius 3 is 2.73 bits per heavy atom. The van der Waals surface area contributed by atoms with Crippen LogP contribution in [0.1, 0.15) is 33.6 Å². The lowest BCUT2D eigenvalue weighted by atomic mass is 10.2. The van der Waals surface area contributed by atoms with Crippen LogP contribution in [-0.4, -0.2) is 12.1 Å². The first-order chi connectivity index (χ1) is 7.04. The van der Waals surface area contributed by atoms with Crippen LogP contribution in [0.5, 0.6) is 0 Å². The van der Waals surface area contributed by atoms with Crippen LogP contribution < -0.4 is 0 Å². The molecule has 0 aromatic heterocycles. The lowest BCUT2D eigenvalue weighted by molar-refractivity contribution is -0.143. The molecule has 0 aromatic carbocycles. The molecule has 0 spiro atoms. The highest BCUT2D eigenvalue weighted by atomic mass is 16.5. The topological polar surface area (TPSA) is 26.3 Å². The molecule has 0 N–H and O–H groups in total. The van der Waals surface area contributed by atoms with Crippen molar-refractivity contribution in [2.75, 3.05) is 0 Å². The quantitative estimate of drug-likeness (QED) is 0.523. The van der Waals surface area contributed by atoms with Gasteiger partial charge in [0.15, 0.2) is 0 Å². The molecule has 1 aliphatic rings. The Balaban J connectivity index is 2.53. The number of rotatable bonds is 3. The van der Waals surface area contributed by atoms with E-state index in [9.17, 15) is 4.79 Å². The van der Waals surface area contributed by atoms with E-state index in [2.05, 4.69) is 19.6 Å². The van der Waals surface area contributed by atoms with Gasteiger partial charge >= 0.3 is 5.97 Å². The van der Waals surface area contributed by atoms with E-state index < -0.39 is 0 Å². The minimum Gasteiger partial charge on any atom is -0.458 e. The molecule has 0 saturated carbocycles. The smallest absolute Gasteiger partial charge is 0.333 e. The lowest BCUT2D eigenvalue weighted by Crippen LogP contribution is -2.15. The molecular formula is C13H18O2. The Morgan fingerprint density at radius 1 is 1.53 bits per heavy atom. The average molecular weight is 206 g/mol. The summed E-state index contributed by atoms with van der Waals surface area (Å²) >= 11 is 0. The number of allylic oxidation sites excluding steroid dienone is 2. The molecule has 1 atom stereocenters. The van der Waals surface area contributed by atoms with Gasteiger partial charge in [-0.3, -0.25) is 0 Å². The summed E-state index contributed by atoms with van der Waals surface area (Å²) in [6.45, 7) is 9.32. The fourth-order valence-electron chi connectivity index (χ4n) is 1.71. The fourth-order valence-corrected chi connectivity index (χ4v) is 1.71. The average Bonchev–Trinajstić information content (AvgIpc) is 2.47. The molecule has 82 valence electrons. The van der Waals surface area contributed by atoms with Crippen LogP contribution in [0.2, 0.25) is 0 Å². The summed E-state index contributed by atoms with van der Waals surface area (Å²) in [7, 11) is 0. The van der Waals surface area contributed by atoms with Crippen molar-refractivity contribution in [2.24, 2.45) is 0 Å². The highest BCUT2D eigenvalue weighted by Gasteiger charge is 2.23. The molecule has 2 nitrogen and oxygen atoms in total. The van der Waals surface area contributed by atoms with Crippen molar-refractivity contribution in [3.8, 4) is 0 Å². The van der Waals surface area contributed by atoms with Crippen molar-refractivity contribution < 1.29 is 9.53 Å². The lowest BCUT2D eigenvalue weighted by Gasteiger charge is -2.11. The molecule has 1 aliphatic carbocycles. The molecule has 0 aliphatic heterocycles. The van der Waals surface area contributed by atoms with Crippen molar-refractivity contribution >= 4 is 5.97 Å². The summed E-state index contributed by atoms with van der Waals surface area (Å²) in [4.78, 5) is 11.3. The zero-order valence-corrected chi connectivity index (χ0v) is 9.67. The van der Waals surface area contributed by atoms with Gasteiger partial charge in [-0.2, -0.15) is 0 Å². The first kappa shape index (κ1) is 11.8. The summed E-state index contributed by atoms with van der Waals surface area (Å²) in [5.74, 6) is -0.283. The number of carbonyl (C=O) groups excluding carboxylic acids is 1. The number of hydrogen-bond acceptors (Lipinski definition) is 2. The highest BCUT2D eigenvalue weighted by Crippen LogP contribution is 2.29. The first-order valence-electron chi connectivity index (χ1n) is 5.22. The van der Waals surface area contributed by atoms with Gasteiger partial charge < -0.3 is 4.74 Å². The van der Waals surface area contributed by atoms with E-state index in [0.717, 1.165) is 12.8 Å². The van der Waals surface area contributed by atoms with E-state index >= 15 is 0 Å². The molecular weight excluding hydrogens is 188 g/mol. The van der Waals surface area contributed by atoms with Crippen LogP contribution >= 0.6 is 0 Å². The van der Waals surface area contributed by atoms with Crippen LogP contribution in [0.15, 0.2) is 35.5 Å². The van der Waals surface area contributed by atoms with E-state index in [1.165, 1.54) is 11.1 Å². The third-order valence-corrected chi connectivity index (χ3v) is 2.52. The van der Waals surface area contributed by atoms with Gasteiger partial charge in [-0.25, -0.2) is 4.79 Å². The van der Waals surface area contributed by atoms with Crippen LogP contribution in [0.25, 0.3) is 0 Å². The van der Waals surface area contributed by atoms with Gasteiger partial charge in [0.05, 0.1) is 0 Å². The summed E-state index contributed by atoms with van der Waals surface area (Å²) in [5, 5.41) is 0. The summed E-state index contributed by atoms with van der Waals surface area (Å²) in [5.41, 5.74) is 3.07. The second-order valence-corrected chi connectivity index (χ2v) is 4.02. The van der Waals surface area contributed by atoms with Crippen molar-refractivity contribution in [1.82, 2.24) is 0 Å². The predicted octanol–water partition coefficient (Wildman–Crippen LogP) is 3.16. The highest BCUT2D eigenvalue weighted by molar-refractivity contribution is 5.87. The maximum absolute atomic E-state index is 11.3. The maximum atomic E-state index is 11.3. The number of carbonyl (C=O) groups is 1. The van der Waals surface area contributed by atoms with Gasteiger partial charge in [-0.05, 0) is 26.3 Å². The molecule has 0 fully saturated rings. The minimum absolute atomic E-state index is 0.000370. The molecule has 0 bridgehead atoms. The first-order valence-corrected chi connectivity index (χ1v) is 5.22. The summed E-state index contributed by atoms with van der Waals surface area (Å²) in [6, 6.07) is 0. The van der Waals surface area contributed by atoms with Gasteiger partial charge in [0, 0.05) is 18.4 Å². The van der Waals surface area contributed by atoms with Crippen LogP contribution in [0.4, 0.5) is 0 Å². The molecule has 0 radical (unpaired) electrons. The number of ether oxygens (including phenoxy) is 1. The maximum Gasteiger partial charge on any atom is 0.333 e. The third kappa shape index (κ3) is 3.08. The SMILES string of the molecule is C=C(C)C(=O)OC1CC(C)=C(/C=C\C)C1. The number of hydrogen-bond donors (Lipinski definition) is 0. The Morgan fingerprint density at radius 2 is 2.20 bits per heavy atom. The van der Waals surface area contributed by atoms with Crippen molar-refractivity contribution in [2.45, 2.75) is 39.7 Å². The zero-order valence-electron chi connectivity index (χ0n) is 9.67. The Labute approximate surface area is 91.3 Å². The molecule has 1 rings (SSSR count). The van der Waals surface area contributed by atoms with Crippen LogP contribution in [0, 0.1) is 0 Å². The third-order valence-electron chi connectivity index (χ3n) is 2.52. The molecule has 15 heavy (non-hydrogen) atoms. The standard InChI is InChI=1S/C13H18O2/c1-5-6-11-8-12(7-10(11)4)15-13(14)9(2)3/h5-6,12H,2,7-8H2,1,3-4H3/b6-5-. The molecule has 0 aromatic rings. The summed E-state index contributed by atoms with van der Waals surface area (Å²) < 4.78 is 5.31. The van der Waals surface area contributed by atoms with Crippen LogP contribution in [0.3, 0.4) is 0 Å². The zero-order chi connectivity index (χ0) is 11.4. The van der Waals surface area contributed by atoms with E-state index in [4.69, 9.17) is 4.74 Å². The Kier molecular flexibility index (Phi) is 3.89. The monoisotopic (exact) mass is 206 g/mol. The van der Waals surface area contributed by atoms with Gasteiger partial charge in [0.25, 0.3) is 0 Å². The van der Waals surface area contributed by atoms with Gasteiger partial charge in [-0.15, -0.1) is 0 Å². The largest absolute Gasteiger partial charge is 0.458 e. The van der Waals surface area contributed by atoms with Crippen LogP contribution in [-0.2, 0) is 9.53 Å². The molecule has 0 saturated heterocycles. The normalized spacial score (nSPS) is 21.1. The van der Waals surface area contributed by atoms with E-state index in [1.807, 2.05) is 13.0 Å². The van der Waals surface area contributed by atoms with E-state index in [-0.39, 0.29) is 12.1 Å². The molecule has 2 heteroatoms. The molecule has 0 amide bonds. The van der Waals surface area contributed by atoms with E-state index in [1.54, 1.807) is 6.92 Å². The predicted molar refractivity (Wildman–Crippen MR) is 61.4 cm³/mol. The minimum atomic E-state index is -0.283. The summed E-state index contributed by atoms with van der Waals surface area (Å²) in [6.07, 6.45) is 5.78. The number of esters is 1. The van der Waals surface area contributed by atoms with Crippen molar-refractivity contribution in [1.29, 1.82) is 0 Å². The van der Waals surface area contributed by atoms with Gasteiger partial charge in [0.1, 0.15) is 6.10 Å². The van der Waals surface area contributed by atoms with Gasteiger partial charge in [-0.1, -0.05) is 24.3 Å². The Bertz CT molecular complexity index is 334. The molecule has 1 unspecified atom stereocenters. The second kappa shape index (κ2) is 4.96. The van der Waals surface area contributed by atoms with Crippen molar-refractivity contribution in [3.63, 3.8) is 0 Å². The Hall–Kier alpha value is -1.31. The van der Waals surface area contributed by atoms with Crippen molar-refractivity contribution in [3.05, 3.63) is 35.5 Å².